The summed E-state index contributed by atoms with van der Waals surface area (Å²) in [5, 5.41) is 0. The van der Waals surface area contributed by atoms with E-state index in [0.29, 0.717) is 6.61 Å². The number of rotatable bonds is 15. The average Bonchev–Trinajstić information content (AvgIpc) is 2.44. The molecule has 0 N–H and O–H groups in total. The Hall–Kier alpha value is 0.0969. The molecule has 0 bridgehead atoms. The fraction of sp³-hybridized carbons (Fsp3) is 1.00. The monoisotopic (exact) mass is 290 g/mol. The lowest BCUT2D eigenvalue weighted by molar-refractivity contribution is -0.121. The van der Waals surface area contributed by atoms with Gasteiger partial charge in [0.2, 0.25) is 0 Å². The Kier molecular flexibility index (Phi) is 16.2. The van der Waals surface area contributed by atoms with Gasteiger partial charge in [-0.15, -0.1) is 0 Å². The van der Waals surface area contributed by atoms with Crippen LogP contribution >= 0.6 is 0 Å². The molecule has 116 valence electrons. The lowest BCUT2D eigenvalue weighted by atomic mass is 10.1. The molecule has 0 atom stereocenters. The minimum atomic E-state index is -0.361. The maximum Gasteiger partial charge on any atom is 0.178 e. The summed E-state index contributed by atoms with van der Waals surface area (Å²) in [7, 11) is 2.94. The SMILES string of the molecule is CCCCCCCCCCC[SiH2]OCC(OC)OC. The summed E-state index contributed by atoms with van der Waals surface area (Å²) < 4.78 is 15.8. The molecule has 0 aromatic heterocycles. The minimum absolute atomic E-state index is 0.185. The van der Waals surface area contributed by atoms with E-state index < -0.39 is 0 Å². The van der Waals surface area contributed by atoms with Crippen LogP contribution in [0.4, 0.5) is 0 Å². The molecule has 0 saturated heterocycles. The van der Waals surface area contributed by atoms with Crippen molar-refractivity contribution in [2.75, 3.05) is 20.8 Å². The van der Waals surface area contributed by atoms with Gasteiger partial charge in [-0.2, -0.15) is 0 Å². The van der Waals surface area contributed by atoms with Crippen molar-refractivity contribution in [2.45, 2.75) is 77.0 Å². The molecule has 0 rings (SSSR count). The van der Waals surface area contributed by atoms with E-state index in [1.54, 1.807) is 14.2 Å². The topological polar surface area (TPSA) is 27.7 Å². The predicted molar refractivity (Wildman–Crippen MR) is 84.3 cm³/mol. The van der Waals surface area contributed by atoms with E-state index in [9.17, 15) is 0 Å². The van der Waals surface area contributed by atoms with Crippen molar-refractivity contribution < 1.29 is 13.9 Å². The van der Waals surface area contributed by atoms with Crippen LogP contribution in [-0.2, 0) is 13.9 Å². The quantitative estimate of drug-likeness (QED) is 0.262. The van der Waals surface area contributed by atoms with Crippen molar-refractivity contribution in [1.29, 1.82) is 0 Å². The highest BCUT2D eigenvalue weighted by molar-refractivity contribution is 6.26. The average molecular weight is 291 g/mol. The molecular weight excluding hydrogens is 256 g/mol. The Labute approximate surface area is 122 Å². The van der Waals surface area contributed by atoms with Crippen LogP contribution in [0.5, 0.6) is 0 Å². The first-order chi connectivity index (χ1) is 9.35. The zero-order valence-electron chi connectivity index (χ0n) is 13.3. The highest BCUT2D eigenvalue weighted by atomic mass is 28.2. The first kappa shape index (κ1) is 19.1. The van der Waals surface area contributed by atoms with E-state index in [-0.39, 0.29) is 16.1 Å². The molecule has 0 aliphatic rings. The molecule has 0 aromatic carbocycles. The van der Waals surface area contributed by atoms with Crippen molar-refractivity contribution >= 4 is 9.76 Å². The van der Waals surface area contributed by atoms with Crippen molar-refractivity contribution in [3.05, 3.63) is 0 Å². The van der Waals surface area contributed by atoms with E-state index in [4.69, 9.17) is 13.9 Å². The van der Waals surface area contributed by atoms with Gasteiger partial charge in [-0.25, -0.2) is 0 Å². The zero-order chi connectivity index (χ0) is 14.2. The van der Waals surface area contributed by atoms with Crippen molar-refractivity contribution in [2.24, 2.45) is 0 Å². The van der Waals surface area contributed by atoms with Crippen LogP contribution < -0.4 is 0 Å². The maximum absolute atomic E-state index is 5.64. The number of hydrogen-bond acceptors (Lipinski definition) is 3. The van der Waals surface area contributed by atoms with Gasteiger partial charge >= 0.3 is 0 Å². The second kappa shape index (κ2) is 16.2. The molecule has 0 heterocycles. The Bertz CT molecular complexity index is 163. The van der Waals surface area contributed by atoms with Gasteiger partial charge in [-0.05, 0) is 6.04 Å². The molecule has 0 fully saturated rings. The number of unbranched alkanes of at least 4 members (excludes halogenated alkanes) is 8. The van der Waals surface area contributed by atoms with Crippen molar-refractivity contribution in [3.8, 4) is 0 Å². The highest BCUT2D eigenvalue weighted by Crippen LogP contribution is 2.10. The van der Waals surface area contributed by atoms with Gasteiger partial charge in [-0.1, -0.05) is 64.7 Å². The fourth-order valence-corrected chi connectivity index (χ4v) is 3.22. The third kappa shape index (κ3) is 14.3. The second-order valence-electron chi connectivity index (χ2n) is 5.16. The van der Waals surface area contributed by atoms with Gasteiger partial charge in [0.05, 0.1) is 6.61 Å². The molecule has 19 heavy (non-hydrogen) atoms. The molecule has 4 heteroatoms. The number of hydrogen-bond donors (Lipinski definition) is 0. The van der Waals surface area contributed by atoms with Crippen LogP contribution in [0.3, 0.4) is 0 Å². The summed E-state index contributed by atoms with van der Waals surface area (Å²) in [4.78, 5) is 0. The van der Waals surface area contributed by atoms with Crippen LogP contribution in [0.1, 0.15) is 64.7 Å². The summed E-state index contributed by atoms with van der Waals surface area (Å²) >= 11 is 0. The fourth-order valence-electron chi connectivity index (χ4n) is 2.10. The first-order valence-electron chi connectivity index (χ1n) is 7.98. The molecule has 0 aliphatic carbocycles. The lowest BCUT2D eigenvalue weighted by Crippen LogP contribution is -2.21. The molecule has 0 radical (unpaired) electrons. The van der Waals surface area contributed by atoms with E-state index in [1.165, 1.54) is 63.8 Å². The van der Waals surface area contributed by atoms with E-state index in [0.717, 1.165) is 0 Å². The molecular formula is C15H34O3Si. The summed E-state index contributed by atoms with van der Waals surface area (Å²) in [6.45, 7) is 2.87. The number of methoxy groups -OCH3 is 2. The lowest BCUT2D eigenvalue weighted by Gasteiger charge is -2.13. The van der Waals surface area contributed by atoms with Crippen LogP contribution in [0, 0.1) is 0 Å². The predicted octanol–water partition coefficient (Wildman–Crippen LogP) is 3.65. The third-order valence-electron chi connectivity index (χ3n) is 3.42. The van der Waals surface area contributed by atoms with Crippen LogP contribution in [0.25, 0.3) is 0 Å². The van der Waals surface area contributed by atoms with Gasteiger partial charge in [0.15, 0.2) is 16.1 Å². The van der Waals surface area contributed by atoms with Crippen molar-refractivity contribution in [1.82, 2.24) is 0 Å². The Morgan fingerprint density at radius 1 is 0.789 bits per heavy atom. The van der Waals surface area contributed by atoms with Crippen LogP contribution in [0.15, 0.2) is 0 Å². The molecule has 3 nitrogen and oxygen atoms in total. The van der Waals surface area contributed by atoms with Gasteiger partial charge in [0.1, 0.15) is 0 Å². The third-order valence-corrected chi connectivity index (χ3v) is 4.73. The summed E-state index contributed by atoms with van der Waals surface area (Å²) in [5.74, 6) is 0. The maximum atomic E-state index is 5.64. The molecule has 0 aromatic rings. The van der Waals surface area contributed by atoms with Gasteiger partial charge in [0.25, 0.3) is 0 Å². The van der Waals surface area contributed by atoms with Gasteiger partial charge < -0.3 is 13.9 Å². The minimum Gasteiger partial charge on any atom is -0.419 e. The standard InChI is InChI=1S/C15H34O3Si/c1-4-5-6-7-8-9-10-11-12-13-19-18-14-15(16-2)17-3/h15H,4-14,19H2,1-3H3. The largest absolute Gasteiger partial charge is 0.419 e. The summed E-state index contributed by atoms with van der Waals surface area (Å²) in [5.41, 5.74) is 0. The normalized spacial score (nSPS) is 12.0. The Morgan fingerprint density at radius 2 is 1.32 bits per heavy atom. The Morgan fingerprint density at radius 3 is 1.84 bits per heavy atom. The molecule has 0 spiro atoms. The van der Waals surface area contributed by atoms with E-state index in [2.05, 4.69) is 6.92 Å². The second-order valence-corrected chi connectivity index (χ2v) is 6.68. The molecule has 0 amide bonds. The van der Waals surface area contributed by atoms with E-state index in [1.807, 2.05) is 0 Å². The molecule has 0 unspecified atom stereocenters. The van der Waals surface area contributed by atoms with Crippen LogP contribution in [-0.4, -0.2) is 36.9 Å². The van der Waals surface area contributed by atoms with Gasteiger partial charge in [0, 0.05) is 14.2 Å². The summed E-state index contributed by atoms with van der Waals surface area (Å²) in [6.07, 6.45) is 12.4. The number of ether oxygens (including phenoxy) is 2. The smallest absolute Gasteiger partial charge is 0.178 e. The highest BCUT2D eigenvalue weighted by Gasteiger charge is 2.03. The molecule has 0 saturated carbocycles. The van der Waals surface area contributed by atoms with Gasteiger partial charge in [-0.3, -0.25) is 0 Å². The first-order valence-corrected chi connectivity index (χ1v) is 9.56. The Balaban J connectivity index is 3.02. The zero-order valence-corrected chi connectivity index (χ0v) is 14.7. The summed E-state index contributed by atoms with van der Waals surface area (Å²) in [6, 6.07) is 1.29. The van der Waals surface area contributed by atoms with E-state index >= 15 is 0 Å². The van der Waals surface area contributed by atoms with Crippen molar-refractivity contribution in [3.63, 3.8) is 0 Å². The molecule has 0 aliphatic heterocycles. The van der Waals surface area contributed by atoms with Crippen LogP contribution in [0.2, 0.25) is 6.04 Å².